The molecule has 2 aromatic rings. The summed E-state index contributed by atoms with van der Waals surface area (Å²) in [6.45, 7) is 4.46. The van der Waals surface area contributed by atoms with Gasteiger partial charge in [-0.15, -0.1) is 0 Å². The predicted molar refractivity (Wildman–Crippen MR) is 75.2 cm³/mol. The van der Waals surface area contributed by atoms with E-state index in [1.807, 2.05) is 44.2 Å². The normalized spacial score (nSPS) is 10.2. The second-order valence-corrected chi connectivity index (χ2v) is 4.61. The molecule has 0 aliphatic heterocycles. The Kier molecular flexibility index (Phi) is 3.85. The van der Waals surface area contributed by atoms with Gasteiger partial charge in [-0.3, -0.25) is 4.79 Å². The number of benzene rings is 2. The number of ether oxygens (including phenoxy) is 1. The van der Waals surface area contributed by atoms with Crippen LogP contribution in [0, 0.1) is 13.8 Å². The molecule has 3 heteroatoms. The summed E-state index contributed by atoms with van der Waals surface area (Å²) in [4.78, 5) is 11.1. The number of carbonyl (C=O) groups is 1. The molecule has 19 heavy (non-hydrogen) atoms. The van der Waals surface area contributed by atoms with E-state index in [4.69, 9.17) is 10.5 Å². The van der Waals surface area contributed by atoms with Crippen LogP contribution in [-0.2, 0) is 6.61 Å². The minimum Gasteiger partial charge on any atom is -0.489 e. The Labute approximate surface area is 113 Å². The molecule has 0 radical (unpaired) electrons. The molecule has 0 fully saturated rings. The molecular formula is C16H17NO2. The fraction of sp³-hybridized carbons (Fsp3) is 0.188. The van der Waals surface area contributed by atoms with Gasteiger partial charge < -0.3 is 10.5 Å². The molecule has 2 aromatic carbocycles. The summed E-state index contributed by atoms with van der Waals surface area (Å²) in [5.41, 5.74) is 9.02. The fourth-order valence-electron chi connectivity index (χ4n) is 1.81. The second-order valence-electron chi connectivity index (χ2n) is 4.61. The van der Waals surface area contributed by atoms with E-state index < -0.39 is 5.91 Å². The van der Waals surface area contributed by atoms with E-state index in [2.05, 4.69) is 0 Å². The summed E-state index contributed by atoms with van der Waals surface area (Å²) in [6.07, 6.45) is 0. The standard InChI is InChI=1S/C16H17NO2/c1-11-3-7-15(8-4-11)19-10-14-6-5-13(16(17)18)9-12(14)2/h3-9H,10H2,1-2H3,(H2,17,18). The summed E-state index contributed by atoms with van der Waals surface area (Å²) in [6, 6.07) is 13.3. The third-order valence-electron chi connectivity index (χ3n) is 3.04. The van der Waals surface area contributed by atoms with Crippen molar-refractivity contribution in [2.45, 2.75) is 20.5 Å². The highest BCUT2D eigenvalue weighted by Crippen LogP contribution is 2.16. The minimum absolute atomic E-state index is 0.408. The molecule has 0 saturated carbocycles. The van der Waals surface area contributed by atoms with Crippen molar-refractivity contribution in [1.29, 1.82) is 0 Å². The summed E-state index contributed by atoms with van der Waals surface area (Å²) < 4.78 is 5.71. The molecule has 0 heterocycles. The van der Waals surface area contributed by atoms with Crippen molar-refractivity contribution in [2.24, 2.45) is 5.73 Å². The van der Waals surface area contributed by atoms with Crippen LogP contribution >= 0.6 is 0 Å². The van der Waals surface area contributed by atoms with E-state index in [1.165, 1.54) is 5.56 Å². The lowest BCUT2D eigenvalue weighted by molar-refractivity contribution is 0.1000. The van der Waals surface area contributed by atoms with Crippen LogP contribution in [0.3, 0.4) is 0 Å². The number of hydrogen-bond acceptors (Lipinski definition) is 2. The molecule has 1 amide bonds. The Morgan fingerprint density at radius 1 is 1.11 bits per heavy atom. The second kappa shape index (κ2) is 5.57. The van der Waals surface area contributed by atoms with E-state index in [1.54, 1.807) is 12.1 Å². The zero-order chi connectivity index (χ0) is 13.8. The predicted octanol–water partition coefficient (Wildman–Crippen LogP) is 2.98. The van der Waals surface area contributed by atoms with E-state index in [0.29, 0.717) is 12.2 Å². The van der Waals surface area contributed by atoms with E-state index in [-0.39, 0.29) is 0 Å². The maximum atomic E-state index is 11.1. The van der Waals surface area contributed by atoms with Crippen molar-refractivity contribution in [1.82, 2.24) is 0 Å². The Hall–Kier alpha value is -2.29. The summed E-state index contributed by atoms with van der Waals surface area (Å²) in [5, 5.41) is 0. The lowest BCUT2D eigenvalue weighted by Crippen LogP contribution is -2.11. The van der Waals surface area contributed by atoms with E-state index in [9.17, 15) is 4.79 Å². The highest BCUT2D eigenvalue weighted by molar-refractivity contribution is 5.93. The minimum atomic E-state index is -0.408. The van der Waals surface area contributed by atoms with Crippen LogP contribution in [0.1, 0.15) is 27.0 Å². The molecule has 0 unspecified atom stereocenters. The van der Waals surface area contributed by atoms with Gasteiger partial charge in [0.05, 0.1) is 0 Å². The average Bonchev–Trinajstić information content (AvgIpc) is 2.39. The first-order chi connectivity index (χ1) is 9.06. The van der Waals surface area contributed by atoms with Gasteiger partial charge in [0.1, 0.15) is 12.4 Å². The fourth-order valence-corrected chi connectivity index (χ4v) is 1.81. The molecule has 0 atom stereocenters. The van der Waals surface area contributed by atoms with Crippen LogP contribution in [0.4, 0.5) is 0 Å². The molecule has 2 N–H and O–H groups in total. The quantitative estimate of drug-likeness (QED) is 0.913. The molecule has 0 spiro atoms. The van der Waals surface area contributed by atoms with Gasteiger partial charge in [0, 0.05) is 5.56 Å². The molecule has 3 nitrogen and oxygen atoms in total. The monoisotopic (exact) mass is 255 g/mol. The third kappa shape index (κ3) is 3.35. The molecule has 0 aliphatic rings. The van der Waals surface area contributed by atoms with E-state index >= 15 is 0 Å². The number of amides is 1. The number of hydrogen-bond donors (Lipinski definition) is 1. The summed E-state index contributed by atoms with van der Waals surface area (Å²) >= 11 is 0. The first kappa shape index (κ1) is 13.1. The molecule has 98 valence electrons. The number of primary amides is 1. The van der Waals surface area contributed by atoms with Crippen molar-refractivity contribution in [3.8, 4) is 5.75 Å². The topological polar surface area (TPSA) is 52.3 Å². The smallest absolute Gasteiger partial charge is 0.248 e. The Morgan fingerprint density at radius 3 is 2.37 bits per heavy atom. The van der Waals surface area contributed by atoms with Gasteiger partial charge in [-0.1, -0.05) is 23.8 Å². The summed E-state index contributed by atoms with van der Waals surface area (Å²) in [7, 11) is 0. The average molecular weight is 255 g/mol. The summed E-state index contributed by atoms with van der Waals surface area (Å²) in [5.74, 6) is 0.429. The zero-order valence-corrected chi connectivity index (χ0v) is 11.1. The van der Waals surface area contributed by atoms with Gasteiger partial charge in [-0.2, -0.15) is 0 Å². The van der Waals surface area contributed by atoms with Crippen LogP contribution in [0.5, 0.6) is 5.75 Å². The number of aryl methyl sites for hydroxylation is 2. The van der Waals surface area contributed by atoms with E-state index in [0.717, 1.165) is 16.9 Å². The maximum Gasteiger partial charge on any atom is 0.248 e. The van der Waals surface area contributed by atoms with Crippen LogP contribution in [-0.4, -0.2) is 5.91 Å². The molecule has 0 saturated heterocycles. The zero-order valence-electron chi connectivity index (χ0n) is 11.1. The largest absolute Gasteiger partial charge is 0.489 e. The van der Waals surface area contributed by atoms with Crippen LogP contribution in [0.15, 0.2) is 42.5 Å². The first-order valence-corrected chi connectivity index (χ1v) is 6.15. The Bertz CT molecular complexity index is 588. The van der Waals surface area contributed by atoms with Crippen LogP contribution in [0.25, 0.3) is 0 Å². The number of nitrogens with two attached hydrogens (primary N) is 1. The van der Waals surface area contributed by atoms with Gasteiger partial charge in [-0.25, -0.2) is 0 Å². The lowest BCUT2D eigenvalue weighted by Gasteiger charge is -2.09. The van der Waals surface area contributed by atoms with Crippen LogP contribution in [0.2, 0.25) is 0 Å². The third-order valence-corrected chi connectivity index (χ3v) is 3.04. The van der Waals surface area contributed by atoms with Gasteiger partial charge in [0.2, 0.25) is 5.91 Å². The molecule has 2 rings (SSSR count). The maximum absolute atomic E-state index is 11.1. The van der Waals surface area contributed by atoms with Gasteiger partial charge >= 0.3 is 0 Å². The van der Waals surface area contributed by atoms with Crippen molar-refractivity contribution in [3.05, 3.63) is 64.7 Å². The van der Waals surface area contributed by atoms with Crippen molar-refractivity contribution < 1.29 is 9.53 Å². The molecule has 0 aliphatic carbocycles. The highest BCUT2D eigenvalue weighted by Gasteiger charge is 2.04. The van der Waals surface area contributed by atoms with Crippen molar-refractivity contribution >= 4 is 5.91 Å². The van der Waals surface area contributed by atoms with Crippen molar-refractivity contribution in [3.63, 3.8) is 0 Å². The Balaban J connectivity index is 2.07. The van der Waals surface area contributed by atoms with Gasteiger partial charge in [0.15, 0.2) is 0 Å². The SMILES string of the molecule is Cc1ccc(OCc2ccc(C(N)=O)cc2C)cc1. The van der Waals surface area contributed by atoms with Crippen LogP contribution < -0.4 is 10.5 Å². The number of rotatable bonds is 4. The van der Waals surface area contributed by atoms with Gasteiger partial charge in [-0.05, 0) is 49.2 Å². The van der Waals surface area contributed by atoms with Gasteiger partial charge in [0.25, 0.3) is 0 Å². The first-order valence-electron chi connectivity index (χ1n) is 6.15. The molecular weight excluding hydrogens is 238 g/mol. The van der Waals surface area contributed by atoms with Crippen molar-refractivity contribution in [2.75, 3.05) is 0 Å². The Morgan fingerprint density at radius 2 is 1.79 bits per heavy atom. The highest BCUT2D eigenvalue weighted by atomic mass is 16.5. The number of carbonyl (C=O) groups excluding carboxylic acids is 1. The lowest BCUT2D eigenvalue weighted by atomic mass is 10.1. The molecule has 0 aromatic heterocycles. The molecule has 0 bridgehead atoms.